The lowest BCUT2D eigenvalue weighted by molar-refractivity contribution is -0.115. The third-order valence-electron chi connectivity index (χ3n) is 4.24. The first-order valence-corrected chi connectivity index (χ1v) is 9.92. The Morgan fingerprint density at radius 1 is 1.10 bits per heavy atom. The molecule has 1 amide bonds. The van der Waals surface area contributed by atoms with Crippen LogP contribution in [0.3, 0.4) is 0 Å². The summed E-state index contributed by atoms with van der Waals surface area (Å²) in [7, 11) is 1.60. The number of hydrogen-bond acceptors (Lipinski definition) is 6. The Hall–Kier alpha value is -3.52. The van der Waals surface area contributed by atoms with Crippen molar-refractivity contribution in [2.45, 2.75) is 12.8 Å². The van der Waals surface area contributed by atoms with Gasteiger partial charge >= 0.3 is 0 Å². The second-order valence-electron chi connectivity index (χ2n) is 6.33. The molecule has 4 aromatic rings. The zero-order valence-electron chi connectivity index (χ0n) is 15.8. The van der Waals surface area contributed by atoms with Crippen molar-refractivity contribution in [3.05, 3.63) is 76.2 Å². The van der Waals surface area contributed by atoms with Crippen molar-refractivity contribution in [3.63, 3.8) is 0 Å². The maximum atomic E-state index is 12.4. The summed E-state index contributed by atoms with van der Waals surface area (Å²) in [4.78, 5) is 21.2. The maximum Gasteiger partial charge on any atom is 0.249 e. The fraction of sp³-hybridized carbons (Fsp3) is 0.143. The zero-order chi connectivity index (χ0) is 20.1. The number of rotatable bonds is 7. The molecule has 0 bridgehead atoms. The molecule has 0 aliphatic carbocycles. The summed E-state index contributed by atoms with van der Waals surface area (Å²) in [6, 6.07) is 17.6. The average Bonchev–Trinajstić information content (AvgIpc) is 3.38. The normalized spacial score (nSPS) is 10.7. The highest BCUT2D eigenvalue weighted by Gasteiger charge is 2.13. The van der Waals surface area contributed by atoms with Crippen LogP contribution in [0.2, 0.25) is 0 Å². The quantitative estimate of drug-likeness (QED) is 0.489. The number of carbonyl (C=O) groups is 1. The highest BCUT2D eigenvalue weighted by Crippen LogP contribution is 2.27. The van der Waals surface area contributed by atoms with Gasteiger partial charge in [-0.05, 0) is 17.7 Å². The highest BCUT2D eigenvalue weighted by molar-refractivity contribution is 7.09. The van der Waals surface area contributed by atoms with E-state index in [2.05, 4.69) is 37.6 Å². The molecular formula is C21H19N5O2S. The summed E-state index contributed by atoms with van der Waals surface area (Å²) in [6.45, 7) is 0. The first-order valence-electron chi connectivity index (χ1n) is 9.04. The lowest BCUT2D eigenvalue weighted by atomic mass is 10.2. The molecule has 2 N–H and O–H groups in total. The SMILES string of the molecule is COc1ccccc1-c1nc(NC(=O)Cc2csc(Cc3ccccc3)n2)n[nH]1. The molecule has 0 radical (unpaired) electrons. The molecule has 0 saturated heterocycles. The van der Waals surface area contributed by atoms with Crippen LogP contribution < -0.4 is 10.1 Å². The van der Waals surface area contributed by atoms with E-state index in [4.69, 9.17) is 4.74 Å². The van der Waals surface area contributed by atoms with Crippen molar-refractivity contribution in [1.29, 1.82) is 0 Å². The number of nitrogens with zero attached hydrogens (tertiary/aromatic N) is 3. The molecule has 0 spiro atoms. The van der Waals surface area contributed by atoms with Crippen LogP contribution in [0.5, 0.6) is 5.75 Å². The van der Waals surface area contributed by atoms with Crippen molar-refractivity contribution in [1.82, 2.24) is 20.2 Å². The van der Waals surface area contributed by atoms with Gasteiger partial charge < -0.3 is 4.74 Å². The molecule has 4 rings (SSSR count). The van der Waals surface area contributed by atoms with Gasteiger partial charge in [0.2, 0.25) is 11.9 Å². The summed E-state index contributed by atoms with van der Waals surface area (Å²) >= 11 is 1.56. The fourth-order valence-corrected chi connectivity index (χ4v) is 3.72. The van der Waals surface area contributed by atoms with Gasteiger partial charge in [0.1, 0.15) is 5.75 Å². The van der Waals surface area contributed by atoms with Gasteiger partial charge in [0.15, 0.2) is 5.82 Å². The summed E-state index contributed by atoms with van der Waals surface area (Å²) in [5.74, 6) is 1.20. The molecule has 0 aliphatic heterocycles. The zero-order valence-corrected chi connectivity index (χ0v) is 16.6. The Morgan fingerprint density at radius 3 is 2.72 bits per heavy atom. The second-order valence-corrected chi connectivity index (χ2v) is 7.27. The van der Waals surface area contributed by atoms with Crippen LogP contribution in [0.25, 0.3) is 11.4 Å². The Balaban J connectivity index is 1.38. The molecule has 29 heavy (non-hydrogen) atoms. The maximum absolute atomic E-state index is 12.4. The minimum absolute atomic E-state index is 0.170. The van der Waals surface area contributed by atoms with Gasteiger partial charge in [-0.15, -0.1) is 16.4 Å². The summed E-state index contributed by atoms with van der Waals surface area (Å²) < 4.78 is 5.33. The largest absolute Gasteiger partial charge is 0.496 e. The van der Waals surface area contributed by atoms with Crippen LogP contribution in [0.4, 0.5) is 5.95 Å². The smallest absolute Gasteiger partial charge is 0.249 e. The Kier molecular flexibility index (Phi) is 5.62. The molecule has 0 saturated carbocycles. The number of amides is 1. The van der Waals surface area contributed by atoms with Gasteiger partial charge in [0.25, 0.3) is 0 Å². The number of methoxy groups -OCH3 is 1. The molecular weight excluding hydrogens is 386 g/mol. The van der Waals surface area contributed by atoms with Crippen molar-refractivity contribution in [3.8, 4) is 17.1 Å². The third-order valence-corrected chi connectivity index (χ3v) is 5.14. The Labute approximate surface area is 171 Å². The van der Waals surface area contributed by atoms with E-state index in [1.54, 1.807) is 18.4 Å². The lowest BCUT2D eigenvalue weighted by Gasteiger charge is -2.04. The van der Waals surface area contributed by atoms with E-state index >= 15 is 0 Å². The van der Waals surface area contributed by atoms with E-state index in [-0.39, 0.29) is 18.3 Å². The van der Waals surface area contributed by atoms with Gasteiger partial charge in [-0.3, -0.25) is 15.2 Å². The predicted octanol–water partition coefficient (Wildman–Crippen LogP) is 3.71. The highest BCUT2D eigenvalue weighted by atomic mass is 32.1. The van der Waals surface area contributed by atoms with E-state index < -0.39 is 0 Å². The standard InChI is InChI=1S/C21H19N5O2S/c1-28-17-10-6-5-9-16(17)20-24-21(26-25-20)23-18(27)12-15-13-29-19(22-15)11-14-7-3-2-4-8-14/h2-10,13H,11-12H2,1H3,(H2,23,24,25,26,27). The summed E-state index contributed by atoms with van der Waals surface area (Å²) in [5.41, 5.74) is 2.70. The van der Waals surface area contributed by atoms with E-state index in [1.807, 2.05) is 47.8 Å². The van der Waals surface area contributed by atoms with Crippen molar-refractivity contribution in [2.24, 2.45) is 0 Å². The molecule has 2 aromatic heterocycles. The lowest BCUT2D eigenvalue weighted by Crippen LogP contribution is -2.15. The van der Waals surface area contributed by atoms with Crippen LogP contribution in [-0.2, 0) is 17.6 Å². The fourth-order valence-electron chi connectivity index (χ4n) is 2.89. The van der Waals surface area contributed by atoms with Crippen LogP contribution in [-0.4, -0.2) is 33.2 Å². The number of carbonyl (C=O) groups excluding carboxylic acids is 1. The number of hydrogen-bond donors (Lipinski definition) is 2. The number of anilines is 1. The van der Waals surface area contributed by atoms with E-state index in [1.165, 1.54) is 5.56 Å². The van der Waals surface area contributed by atoms with Gasteiger partial charge in [-0.2, -0.15) is 4.98 Å². The van der Waals surface area contributed by atoms with E-state index in [9.17, 15) is 4.79 Å². The third kappa shape index (κ3) is 4.67. The van der Waals surface area contributed by atoms with Crippen molar-refractivity contribution < 1.29 is 9.53 Å². The Morgan fingerprint density at radius 2 is 1.90 bits per heavy atom. The van der Waals surface area contributed by atoms with Crippen LogP contribution in [0.1, 0.15) is 16.3 Å². The number of aromatic amines is 1. The van der Waals surface area contributed by atoms with Crippen LogP contribution >= 0.6 is 11.3 Å². The molecule has 2 heterocycles. The van der Waals surface area contributed by atoms with Crippen LogP contribution in [0, 0.1) is 0 Å². The van der Waals surface area contributed by atoms with Crippen LogP contribution in [0.15, 0.2) is 60.0 Å². The minimum Gasteiger partial charge on any atom is -0.496 e. The van der Waals surface area contributed by atoms with E-state index in [0.29, 0.717) is 11.6 Å². The molecule has 7 nitrogen and oxygen atoms in total. The summed E-state index contributed by atoms with van der Waals surface area (Å²) in [6.07, 6.45) is 0.931. The topological polar surface area (TPSA) is 92.8 Å². The van der Waals surface area contributed by atoms with Crippen molar-refractivity contribution >= 4 is 23.2 Å². The molecule has 0 unspecified atom stereocenters. The van der Waals surface area contributed by atoms with Gasteiger partial charge in [0.05, 0.1) is 29.8 Å². The molecule has 2 aromatic carbocycles. The molecule has 0 fully saturated rings. The first-order chi connectivity index (χ1) is 14.2. The number of thiazole rings is 1. The molecule has 8 heteroatoms. The number of nitrogens with one attached hydrogen (secondary N) is 2. The van der Waals surface area contributed by atoms with Gasteiger partial charge in [-0.1, -0.05) is 42.5 Å². The number of aromatic nitrogens is 4. The van der Waals surface area contributed by atoms with Crippen molar-refractivity contribution in [2.75, 3.05) is 12.4 Å². The minimum atomic E-state index is -0.216. The molecule has 0 atom stereocenters. The average molecular weight is 405 g/mol. The molecule has 146 valence electrons. The van der Waals surface area contributed by atoms with Gasteiger partial charge in [-0.25, -0.2) is 4.98 Å². The summed E-state index contributed by atoms with van der Waals surface area (Å²) in [5, 5.41) is 12.5. The number of H-pyrrole nitrogens is 1. The van der Waals surface area contributed by atoms with E-state index in [0.717, 1.165) is 22.7 Å². The molecule has 0 aliphatic rings. The number of para-hydroxylation sites is 1. The number of ether oxygens (including phenoxy) is 1. The monoisotopic (exact) mass is 405 g/mol. The Bertz CT molecular complexity index is 1110. The second kappa shape index (κ2) is 8.66. The number of benzene rings is 2. The first kappa shape index (κ1) is 18.8. The predicted molar refractivity (Wildman–Crippen MR) is 112 cm³/mol. The van der Waals surface area contributed by atoms with Gasteiger partial charge in [0, 0.05) is 11.8 Å².